The zero-order valence-electron chi connectivity index (χ0n) is 15.9. The molecule has 0 saturated carbocycles. The van der Waals surface area contributed by atoms with Gasteiger partial charge in [0.25, 0.3) is 0 Å². The summed E-state index contributed by atoms with van der Waals surface area (Å²) in [4.78, 5) is 16.7. The number of hydrazine groups is 1. The lowest BCUT2D eigenvalue weighted by molar-refractivity contribution is -0.119. The monoisotopic (exact) mass is 502 g/mol. The van der Waals surface area contributed by atoms with Crippen molar-refractivity contribution < 1.29 is 4.79 Å². The molecule has 1 atom stereocenters. The molecule has 10 heteroatoms. The van der Waals surface area contributed by atoms with Crippen molar-refractivity contribution in [2.75, 3.05) is 17.6 Å². The van der Waals surface area contributed by atoms with Crippen LogP contribution in [0.15, 0.2) is 70.8 Å². The quantitative estimate of drug-likeness (QED) is 0.304. The second-order valence-corrected chi connectivity index (χ2v) is 9.22. The van der Waals surface area contributed by atoms with Crippen LogP contribution in [0.2, 0.25) is 0 Å². The van der Waals surface area contributed by atoms with Crippen molar-refractivity contribution in [2.24, 2.45) is 4.99 Å². The largest absolute Gasteiger partial charge is 0.277 e. The summed E-state index contributed by atoms with van der Waals surface area (Å²) < 4.78 is 1.97. The van der Waals surface area contributed by atoms with Crippen LogP contribution in [0, 0.1) is 0 Å². The predicted octanol–water partition coefficient (Wildman–Crippen LogP) is 3.51. The van der Waals surface area contributed by atoms with E-state index < -0.39 is 0 Å². The standard InChI is InChI=1S/C20H19BrN6OS2/c21-11-16-12-22-19(30-16)25-23-17(28)13-29-20-26-24-18(14-7-3-1-4-8-14)27(20)15-9-5-2-6-10-15/h1-10,16H,11-13H2,(H,22,25)(H,23,28). The number of amides is 1. The Balaban J connectivity index is 1.45. The second-order valence-electron chi connectivity index (χ2n) is 6.35. The number of amidine groups is 1. The highest BCUT2D eigenvalue weighted by atomic mass is 79.9. The summed E-state index contributed by atoms with van der Waals surface area (Å²) in [7, 11) is 0. The number of thioether (sulfide) groups is 2. The van der Waals surface area contributed by atoms with Crippen LogP contribution in [-0.4, -0.2) is 48.7 Å². The fraction of sp³-hybridized carbons (Fsp3) is 0.200. The normalized spacial score (nSPS) is 15.6. The van der Waals surface area contributed by atoms with Gasteiger partial charge in [0.05, 0.1) is 12.3 Å². The van der Waals surface area contributed by atoms with Crippen molar-refractivity contribution in [3.63, 3.8) is 0 Å². The van der Waals surface area contributed by atoms with E-state index in [0.717, 1.165) is 34.1 Å². The predicted molar refractivity (Wildman–Crippen MR) is 126 cm³/mol. The van der Waals surface area contributed by atoms with Gasteiger partial charge in [0.1, 0.15) is 0 Å². The maximum atomic E-state index is 12.3. The van der Waals surface area contributed by atoms with Gasteiger partial charge in [-0.3, -0.25) is 25.2 Å². The molecule has 30 heavy (non-hydrogen) atoms. The molecule has 154 valence electrons. The van der Waals surface area contributed by atoms with Crippen LogP contribution in [-0.2, 0) is 4.79 Å². The van der Waals surface area contributed by atoms with Gasteiger partial charge in [0, 0.05) is 21.8 Å². The fourth-order valence-corrected chi connectivity index (χ4v) is 4.94. The number of halogens is 1. The molecule has 1 aliphatic heterocycles. The van der Waals surface area contributed by atoms with E-state index in [1.807, 2.05) is 65.2 Å². The van der Waals surface area contributed by atoms with Crippen LogP contribution in [0.5, 0.6) is 0 Å². The molecule has 1 aliphatic rings. The van der Waals surface area contributed by atoms with Crippen molar-refractivity contribution in [1.82, 2.24) is 25.6 Å². The number of aromatic nitrogens is 3. The molecule has 1 unspecified atom stereocenters. The lowest BCUT2D eigenvalue weighted by Gasteiger charge is -2.11. The second kappa shape index (κ2) is 10.1. The van der Waals surface area contributed by atoms with Gasteiger partial charge in [-0.2, -0.15) is 0 Å². The van der Waals surface area contributed by atoms with Crippen molar-refractivity contribution in [2.45, 2.75) is 10.4 Å². The molecule has 0 radical (unpaired) electrons. The highest BCUT2D eigenvalue weighted by Gasteiger charge is 2.20. The van der Waals surface area contributed by atoms with Crippen molar-refractivity contribution in [3.8, 4) is 17.1 Å². The Morgan fingerprint density at radius 3 is 2.57 bits per heavy atom. The average molecular weight is 503 g/mol. The van der Waals surface area contributed by atoms with E-state index in [9.17, 15) is 4.79 Å². The molecule has 2 N–H and O–H groups in total. The SMILES string of the molecule is O=C(CSc1nnc(-c2ccccc2)n1-c1ccccc1)NNC1=NCC(CBr)S1. The van der Waals surface area contributed by atoms with Gasteiger partial charge in [-0.25, -0.2) is 0 Å². The minimum Gasteiger partial charge on any atom is -0.277 e. The summed E-state index contributed by atoms with van der Waals surface area (Å²) in [5.41, 5.74) is 7.51. The third-order valence-corrected chi connectivity index (χ3v) is 7.45. The van der Waals surface area contributed by atoms with Crippen molar-refractivity contribution >= 4 is 50.5 Å². The van der Waals surface area contributed by atoms with E-state index in [1.54, 1.807) is 11.8 Å². The molecular formula is C20H19BrN6OS2. The Morgan fingerprint density at radius 1 is 1.13 bits per heavy atom. The van der Waals surface area contributed by atoms with E-state index in [2.05, 4.69) is 42.0 Å². The maximum Gasteiger partial charge on any atom is 0.248 e. The van der Waals surface area contributed by atoms with E-state index in [4.69, 9.17) is 0 Å². The van der Waals surface area contributed by atoms with Crippen molar-refractivity contribution in [3.05, 3.63) is 60.7 Å². The Kier molecular flexibility index (Phi) is 7.08. The van der Waals surface area contributed by atoms with Crippen LogP contribution in [0.25, 0.3) is 17.1 Å². The fourth-order valence-electron chi connectivity index (χ4n) is 2.80. The van der Waals surface area contributed by atoms with Gasteiger partial charge in [-0.15, -0.1) is 10.2 Å². The Bertz CT molecular complexity index is 1030. The Labute approximate surface area is 191 Å². The van der Waals surface area contributed by atoms with E-state index in [1.165, 1.54) is 11.8 Å². The molecule has 0 spiro atoms. The van der Waals surface area contributed by atoms with Crippen LogP contribution in [0.4, 0.5) is 0 Å². The number of alkyl halides is 1. The Morgan fingerprint density at radius 2 is 1.87 bits per heavy atom. The number of nitrogens with zero attached hydrogens (tertiary/aromatic N) is 4. The van der Waals surface area contributed by atoms with Crippen LogP contribution in [0.3, 0.4) is 0 Å². The molecule has 1 amide bonds. The number of para-hydroxylation sites is 1. The molecule has 7 nitrogen and oxygen atoms in total. The first-order valence-corrected chi connectivity index (χ1v) is 12.2. The van der Waals surface area contributed by atoms with Gasteiger partial charge in [-0.1, -0.05) is 88.0 Å². The van der Waals surface area contributed by atoms with E-state index >= 15 is 0 Å². The maximum absolute atomic E-state index is 12.3. The summed E-state index contributed by atoms with van der Waals surface area (Å²) in [6.07, 6.45) is 0. The van der Waals surface area contributed by atoms with E-state index in [-0.39, 0.29) is 11.7 Å². The zero-order valence-corrected chi connectivity index (χ0v) is 19.1. The highest BCUT2D eigenvalue weighted by Crippen LogP contribution is 2.27. The summed E-state index contributed by atoms with van der Waals surface area (Å²) in [5.74, 6) is 0.780. The zero-order chi connectivity index (χ0) is 20.8. The number of benzene rings is 2. The summed E-state index contributed by atoms with van der Waals surface area (Å²) >= 11 is 6.40. The number of aliphatic imine (C=N–C) groups is 1. The minimum absolute atomic E-state index is 0.158. The summed E-state index contributed by atoms with van der Waals surface area (Å²) in [6, 6.07) is 19.8. The molecule has 1 aromatic heterocycles. The number of nitrogens with one attached hydrogen (secondary N) is 2. The smallest absolute Gasteiger partial charge is 0.248 e. The summed E-state index contributed by atoms with van der Waals surface area (Å²) in [6.45, 7) is 0.741. The lowest BCUT2D eigenvalue weighted by Crippen LogP contribution is -2.41. The number of carbonyl (C=O) groups is 1. The van der Waals surface area contributed by atoms with Gasteiger partial charge >= 0.3 is 0 Å². The number of carbonyl (C=O) groups excluding carboxylic acids is 1. The van der Waals surface area contributed by atoms with Crippen LogP contribution < -0.4 is 10.9 Å². The summed E-state index contributed by atoms with van der Waals surface area (Å²) in [5, 5.41) is 11.4. The van der Waals surface area contributed by atoms with Crippen LogP contribution >= 0.6 is 39.5 Å². The lowest BCUT2D eigenvalue weighted by atomic mass is 10.2. The number of hydrogen-bond donors (Lipinski definition) is 2. The van der Waals surface area contributed by atoms with Gasteiger partial charge in [-0.05, 0) is 12.1 Å². The molecule has 0 fully saturated rings. The van der Waals surface area contributed by atoms with Crippen molar-refractivity contribution in [1.29, 1.82) is 0 Å². The number of rotatable bonds is 6. The molecule has 4 rings (SSSR count). The van der Waals surface area contributed by atoms with Crippen LogP contribution in [0.1, 0.15) is 0 Å². The molecule has 0 aliphatic carbocycles. The van der Waals surface area contributed by atoms with Gasteiger partial charge in [0.15, 0.2) is 16.1 Å². The minimum atomic E-state index is -0.158. The third-order valence-electron chi connectivity index (χ3n) is 4.21. The highest BCUT2D eigenvalue weighted by molar-refractivity contribution is 9.09. The van der Waals surface area contributed by atoms with E-state index in [0.29, 0.717) is 10.4 Å². The first-order chi connectivity index (χ1) is 14.7. The topological polar surface area (TPSA) is 84.2 Å². The first-order valence-electron chi connectivity index (χ1n) is 9.25. The molecule has 3 aromatic rings. The van der Waals surface area contributed by atoms with Gasteiger partial charge in [0.2, 0.25) is 5.91 Å². The third kappa shape index (κ3) is 5.05. The molecule has 0 bridgehead atoms. The van der Waals surface area contributed by atoms with Gasteiger partial charge < -0.3 is 0 Å². The molecule has 0 saturated heterocycles. The Hall–Kier alpha value is -2.30. The molecule has 2 heterocycles. The number of hydrogen-bond acceptors (Lipinski definition) is 7. The first kappa shape index (κ1) is 21.0. The average Bonchev–Trinajstić information content (AvgIpc) is 3.44. The molecular weight excluding hydrogens is 484 g/mol. The molecule has 2 aromatic carbocycles.